The molecule has 3 aromatic carbocycles. The third-order valence-corrected chi connectivity index (χ3v) is 6.79. The Morgan fingerprint density at radius 2 is 1.42 bits per heavy atom. The van der Waals surface area contributed by atoms with E-state index in [1.54, 1.807) is 66.7 Å². The average molecular weight is 500 g/mol. The van der Waals surface area contributed by atoms with Crippen molar-refractivity contribution in [2.24, 2.45) is 11.8 Å². The first kappa shape index (κ1) is 23.7. The molecule has 0 bridgehead atoms. The van der Waals surface area contributed by atoms with Gasteiger partial charge in [-0.2, -0.15) is 0 Å². The number of hydrogen-bond donors (Lipinski definition) is 0. The van der Waals surface area contributed by atoms with E-state index in [1.165, 1.54) is 12.1 Å². The number of ether oxygens (including phenoxy) is 1. The third-order valence-electron chi connectivity index (χ3n) is 6.54. The number of imide groups is 1. The van der Waals surface area contributed by atoms with E-state index in [2.05, 4.69) is 0 Å². The van der Waals surface area contributed by atoms with Gasteiger partial charge in [0.2, 0.25) is 17.6 Å². The van der Waals surface area contributed by atoms with Crippen LogP contribution in [-0.2, 0) is 14.3 Å². The SMILES string of the molecule is O=C(O[C@H](C(=O)c1ccccc1)c1ccc(Cl)cc1)c1cccc(N2C(=O)[C@H]3CC=CC[C@H]3C2=O)c1. The zero-order valence-electron chi connectivity index (χ0n) is 19.2. The van der Waals surface area contributed by atoms with Crippen LogP contribution < -0.4 is 4.90 Å². The van der Waals surface area contributed by atoms with Crippen molar-refractivity contribution in [1.29, 1.82) is 0 Å². The number of anilines is 1. The molecule has 2 aliphatic rings. The van der Waals surface area contributed by atoms with E-state index >= 15 is 0 Å². The Labute approximate surface area is 213 Å². The van der Waals surface area contributed by atoms with Gasteiger partial charge in [0, 0.05) is 16.1 Å². The zero-order valence-corrected chi connectivity index (χ0v) is 19.9. The van der Waals surface area contributed by atoms with Gasteiger partial charge < -0.3 is 4.74 Å². The monoisotopic (exact) mass is 499 g/mol. The van der Waals surface area contributed by atoms with Gasteiger partial charge in [-0.25, -0.2) is 4.79 Å². The Bertz CT molecular complexity index is 1340. The smallest absolute Gasteiger partial charge is 0.339 e. The first-order chi connectivity index (χ1) is 17.4. The maximum atomic E-state index is 13.3. The quantitative estimate of drug-likeness (QED) is 0.191. The standard InChI is InChI=1S/C29H22ClNO5/c30-21-15-13-19(14-16-21)26(25(32)18-7-2-1-3-8-18)36-29(35)20-9-6-10-22(17-20)31-27(33)23-11-4-5-12-24(23)28(31)34/h1-10,13-17,23-24,26H,11-12H2/t23-,24+,26-/m0/s1. The van der Waals surface area contributed by atoms with Gasteiger partial charge in [0.1, 0.15) is 0 Å². The van der Waals surface area contributed by atoms with Crippen LogP contribution in [0.15, 0.2) is 91.0 Å². The number of amides is 2. The molecule has 36 heavy (non-hydrogen) atoms. The highest BCUT2D eigenvalue weighted by molar-refractivity contribution is 6.30. The maximum Gasteiger partial charge on any atom is 0.339 e. The number of allylic oxidation sites excluding steroid dienone is 2. The number of carbonyl (C=O) groups is 4. The molecule has 2 amide bonds. The minimum atomic E-state index is -1.20. The second-order valence-corrected chi connectivity index (χ2v) is 9.22. The van der Waals surface area contributed by atoms with Gasteiger partial charge in [-0.3, -0.25) is 19.3 Å². The van der Waals surface area contributed by atoms with Crippen molar-refractivity contribution >= 4 is 40.9 Å². The van der Waals surface area contributed by atoms with Crippen LogP contribution in [0.3, 0.4) is 0 Å². The Balaban J connectivity index is 1.42. The fourth-order valence-corrected chi connectivity index (χ4v) is 4.79. The summed E-state index contributed by atoms with van der Waals surface area (Å²) in [5, 5.41) is 0.486. The third kappa shape index (κ3) is 4.48. The molecule has 0 N–H and O–H groups in total. The van der Waals surface area contributed by atoms with Crippen LogP contribution in [0.1, 0.15) is 45.2 Å². The van der Waals surface area contributed by atoms with Crippen molar-refractivity contribution < 1.29 is 23.9 Å². The van der Waals surface area contributed by atoms with Crippen molar-refractivity contribution in [2.75, 3.05) is 4.90 Å². The molecule has 5 rings (SSSR count). The molecule has 0 spiro atoms. The highest BCUT2D eigenvalue weighted by atomic mass is 35.5. The largest absolute Gasteiger partial charge is 0.445 e. The predicted molar refractivity (Wildman–Crippen MR) is 135 cm³/mol. The molecule has 3 aromatic rings. The molecule has 1 heterocycles. The average Bonchev–Trinajstić information content (AvgIpc) is 3.17. The summed E-state index contributed by atoms with van der Waals surface area (Å²) >= 11 is 6.01. The second kappa shape index (κ2) is 9.91. The molecule has 1 aliphatic carbocycles. The predicted octanol–water partition coefficient (Wildman–Crippen LogP) is 5.58. The highest BCUT2D eigenvalue weighted by Crippen LogP contribution is 2.38. The van der Waals surface area contributed by atoms with Crippen LogP contribution in [0.25, 0.3) is 0 Å². The number of nitrogens with zero attached hydrogens (tertiary/aromatic N) is 1. The van der Waals surface area contributed by atoms with E-state index in [0.29, 0.717) is 34.7 Å². The van der Waals surface area contributed by atoms with Gasteiger partial charge >= 0.3 is 5.97 Å². The van der Waals surface area contributed by atoms with Gasteiger partial charge in [-0.05, 0) is 43.2 Å². The summed E-state index contributed by atoms with van der Waals surface area (Å²) in [5.74, 6) is -2.42. The van der Waals surface area contributed by atoms with Crippen molar-refractivity contribution in [2.45, 2.75) is 18.9 Å². The lowest BCUT2D eigenvalue weighted by atomic mass is 9.85. The minimum Gasteiger partial charge on any atom is -0.445 e. The summed E-state index contributed by atoms with van der Waals surface area (Å²) in [5.41, 5.74) is 1.30. The van der Waals surface area contributed by atoms with E-state index in [-0.39, 0.29) is 35.0 Å². The lowest BCUT2D eigenvalue weighted by Crippen LogP contribution is -2.31. The molecular weight excluding hydrogens is 478 g/mol. The van der Waals surface area contributed by atoms with E-state index in [4.69, 9.17) is 16.3 Å². The van der Waals surface area contributed by atoms with Crippen LogP contribution in [-0.4, -0.2) is 23.6 Å². The Morgan fingerprint density at radius 1 is 0.806 bits per heavy atom. The van der Waals surface area contributed by atoms with E-state index in [0.717, 1.165) is 4.90 Å². The minimum absolute atomic E-state index is 0.126. The topological polar surface area (TPSA) is 80.8 Å². The summed E-state index contributed by atoms with van der Waals surface area (Å²) in [6, 6.07) is 21.2. The summed E-state index contributed by atoms with van der Waals surface area (Å²) in [4.78, 5) is 53.6. The highest BCUT2D eigenvalue weighted by Gasteiger charge is 2.47. The molecule has 6 nitrogen and oxygen atoms in total. The zero-order chi connectivity index (χ0) is 25.2. The van der Waals surface area contributed by atoms with Crippen molar-refractivity contribution in [1.82, 2.24) is 0 Å². The van der Waals surface area contributed by atoms with Crippen LogP contribution in [0.4, 0.5) is 5.69 Å². The van der Waals surface area contributed by atoms with Crippen molar-refractivity contribution in [3.8, 4) is 0 Å². The second-order valence-electron chi connectivity index (χ2n) is 8.79. The number of esters is 1. The molecule has 1 aliphatic heterocycles. The lowest BCUT2D eigenvalue weighted by Gasteiger charge is -2.19. The Kier molecular flexibility index (Phi) is 6.53. The number of rotatable bonds is 6. The number of carbonyl (C=O) groups excluding carboxylic acids is 4. The molecule has 0 unspecified atom stereocenters. The number of fused-ring (bicyclic) bond motifs is 1. The molecule has 0 saturated carbocycles. The number of benzene rings is 3. The Hall–Kier alpha value is -4.03. The number of hydrogen-bond acceptors (Lipinski definition) is 5. The van der Waals surface area contributed by atoms with Gasteiger partial charge in [-0.15, -0.1) is 0 Å². The number of Topliss-reactive ketones (excluding diaryl/α,β-unsaturated/α-hetero) is 1. The summed E-state index contributed by atoms with van der Waals surface area (Å²) < 4.78 is 5.71. The van der Waals surface area contributed by atoms with Gasteiger partial charge in [0.05, 0.1) is 23.1 Å². The van der Waals surface area contributed by atoms with Crippen molar-refractivity contribution in [3.63, 3.8) is 0 Å². The Morgan fingerprint density at radius 3 is 2.06 bits per heavy atom. The molecule has 180 valence electrons. The van der Waals surface area contributed by atoms with Crippen LogP contribution in [0.5, 0.6) is 0 Å². The first-order valence-corrected chi connectivity index (χ1v) is 12.0. The van der Waals surface area contributed by atoms with E-state index in [1.807, 2.05) is 12.2 Å². The fourth-order valence-electron chi connectivity index (χ4n) is 4.67. The fraction of sp³-hybridized carbons (Fsp3) is 0.172. The molecule has 0 radical (unpaired) electrons. The first-order valence-electron chi connectivity index (χ1n) is 11.6. The van der Waals surface area contributed by atoms with Gasteiger partial charge in [0.25, 0.3) is 0 Å². The van der Waals surface area contributed by atoms with Gasteiger partial charge in [-0.1, -0.05) is 72.3 Å². The normalized spacial score (nSPS) is 19.6. The van der Waals surface area contributed by atoms with Crippen LogP contribution in [0.2, 0.25) is 5.02 Å². The van der Waals surface area contributed by atoms with Crippen molar-refractivity contribution in [3.05, 3.63) is 113 Å². The molecular formula is C29H22ClNO5. The van der Waals surface area contributed by atoms with E-state index < -0.39 is 12.1 Å². The number of ketones is 1. The van der Waals surface area contributed by atoms with E-state index in [9.17, 15) is 19.2 Å². The molecule has 3 atom stereocenters. The molecule has 0 aromatic heterocycles. The van der Waals surface area contributed by atoms with Crippen LogP contribution in [0, 0.1) is 11.8 Å². The number of halogens is 1. The van der Waals surface area contributed by atoms with Crippen LogP contribution >= 0.6 is 11.6 Å². The lowest BCUT2D eigenvalue weighted by molar-refractivity contribution is -0.122. The summed E-state index contributed by atoms with van der Waals surface area (Å²) in [6.45, 7) is 0. The van der Waals surface area contributed by atoms with Gasteiger partial charge in [0.15, 0.2) is 6.10 Å². The molecule has 7 heteroatoms. The summed E-state index contributed by atoms with van der Waals surface area (Å²) in [7, 11) is 0. The molecule has 1 saturated heterocycles. The maximum absolute atomic E-state index is 13.3. The molecule has 1 fully saturated rings. The summed E-state index contributed by atoms with van der Waals surface area (Å²) in [6.07, 6.45) is 3.69.